The van der Waals surface area contributed by atoms with Gasteiger partial charge in [0.15, 0.2) is 5.75 Å². The summed E-state index contributed by atoms with van der Waals surface area (Å²) in [6.45, 7) is -0.283. The molecule has 0 spiro atoms. The first-order valence-electron chi connectivity index (χ1n) is 7.48. The zero-order valence-electron chi connectivity index (χ0n) is 13.0. The molecule has 0 aliphatic rings. The Kier molecular flexibility index (Phi) is 4.80. The monoisotopic (exact) mass is 346 g/mol. The molecule has 3 aromatic rings. The van der Waals surface area contributed by atoms with E-state index >= 15 is 0 Å². The Morgan fingerprint density at radius 2 is 1.92 bits per heavy atom. The van der Waals surface area contributed by atoms with Gasteiger partial charge in [-0.1, -0.05) is 6.07 Å². The van der Waals surface area contributed by atoms with Gasteiger partial charge in [-0.15, -0.1) is 0 Å². The van der Waals surface area contributed by atoms with Crippen molar-refractivity contribution in [3.05, 3.63) is 64.6 Å². The average molecular weight is 346 g/mol. The van der Waals surface area contributed by atoms with Gasteiger partial charge in [-0.05, 0) is 30.3 Å². The van der Waals surface area contributed by atoms with E-state index in [1.807, 2.05) is 18.2 Å². The molecule has 0 aliphatic carbocycles. The summed E-state index contributed by atoms with van der Waals surface area (Å²) < 4.78 is 23.9. The molecule has 2 N–H and O–H groups in total. The second-order valence-electron chi connectivity index (χ2n) is 5.34. The lowest BCUT2D eigenvalue weighted by Crippen LogP contribution is -2.25. The van der Waals surface area contributed by atoms with Crippen LogP contribution < -0.4 is 9.47 Å². The van der Waals surface area contributed by atoms with Crippen molar-refractivity contribution in [2.75, 3.05) is 13.2 Å². The molecule has 1 unspecified atom stereocenters. The lowest BCUT2D eigenvalue weighted by molar-refractivity contribution is -0.386. The van der Waals surface area contributed by atoms with Crippen LogP contribution in [-0.4, -0.2) is 34.3 Å². The minimum atomic E-state index is -1.01. The first-order chi connectivity index (χ1) is 12.0. The molecule has 7 nitrogen and oxygen atoms in total. The Balaban J connectivity index is 1.59. The number of ether oxygens (including phenoxy) is 2. The number of aromatic amines is 1. The molecule has 0 radical (unpaired) electrons. The molecule has 8 heteroatoms. The number of rotatable bonds is 7. The highest BCUT2D eigenvalue weighted by molar-refractivity contribution is 5.85. The number of nitro groups is 1. The number of nitrogens with one attached hydrogen (secondary N) is 1. The molecule has 0 saturated carbocycles. The SMILES string of the molecule is O=[N+]([O-])c1cc(F)ccc1OCC(O)COc1cccc2[nH]ccc12. The molecule has 0 saturated heterocycles. The number of nitrogens with zero attached hydrogens (tertiary/aromatic N) is 1. The third kappa shape index (κ3) is 3.86. The van der Waals surface area contributed by atoms with E-state index in [1.165, 1.54) is 0 Å². The molecule has 1 atom stereocenters. The summed E-state index contributed by atoms with van der Waals surface area (Å²) in [6.07, 6.45) is 0.768. The van der Waals surface area contributed by atoms with E-state index < -0.39 is 22.5 Å². The number of nitro benzene ring substituents is 1. The van der Waals surface area contributed by atoms with Gasteiger partial charge in [-0.3, -0.25) is 10.1 Å². The van der Waals surface area contributed by atoms with Crippen LogP contribution in [0.2, 0.25) is 0 Å². The van der Waals surface area contributed by atoms with Crippen LogP contribution in [0.15, 0.2) is 48.7 Å². The number of H-pyrrole nitrogens is 1. The number of aliphatic hydroxyl groups excluding tert-OH is 1. The third-order valence-electron chi connectivity index (χ3n) is 3.54. The summed E-state index contributed by atoms with van der Waals surface area (Å²) in [7, 11) is 0. The fraction of sp³-hybridized carbons (Fsp3) is 0.176. The lowest BCUT2D eigenvalue weighted by Gasteiger charge is -2.14. The van der Waals surface area contributed by atoms with Crippen LogP contribution in [0, 0.1) is 15.9 Å². The van der Waals surface area contributed by atoms with Gasteiger partial charge in [0, 0.05) is 17.1 Å². The Labute approximate surface area is 141 Å². The standard InChI is InChI=1S/C17H15FN2O5/c18-11-4-5-17(15(8-11)20(22)23)25-10-12(21)9-24-16-3-1-2-14-13(16)6-7-19-14/h1-8,12,19,21H,9-10H2. The maximum absolute atomic E-state index is 13.1. The van der Waals surface area contributed by atoms with Crippen LogP contribution in [0.4, 0.5) is 10.1 Å². The van der Waals surface area contributed by atoms with Crippen molar-refractivity contribution in [3.63, 3.8) is 0 Å². The zero-order chi connectivity index (χ0) is 17.8. The molecule has 2 aromatic carbocycles. The number of hydrogen-bond donors (Lipinski definition) is 2. The molecule has 0 amide bonds. The number of aromatic nitrogens is 1. The van der Waals surface area contributed by atoms with Gasteiger partial charge in [-0.2, -0.15) is 0 Å². The van der Waals surface area contributed by atoms with Crippen molar-refractivity contribution in [3.8, 4) is 11.5 Å². The second-order valence-corrected chi connectivity index (χ2v) is 5.34. The zero-order valence-corrected chi connectivity index (χ0v) is 13.0. The Morgan fingerprint density at radius 1 is 1.16 bits per heavy atom. The molecule has 1 aromatic heterocycles. The highest BCUT2D eigenvalue weighted by Crippen LogP contribution is 2.28. The minimum absolute atomic E-state index is 0.0563. The Morgan fingerprint density at radius 3 is 2.68 bits per heavy atom. The van der Waals surface area contributed by atoms with Crippen molar-refractivity contribution in [2.24, 2.45) is 0 Å². The smallest absolute Gasteiger partial charge is 0.313 e. The topological polar surface area (TPSA) is 97.6 Å². The van der Waals surface area contributed by atoms with Gasteiger partial charge in [0.1, 0.15) is 30.9 Å². The summed E-state index contributed by atoms with van der Waals surface area (Å²) >= 11 is 0. The average Bonchev–Trinajstić information content (AvgIpc) is 3.08. The second kappa shape index (κ2) is 7.18. The molecule has 25 heavy (non-hydrogen) atoms. The molecule has 0 aliphatic heterocycles. The van der Waals surface area contributed by atoms with Crippen LogP contribution in [-0.2, 0) is 0 Å². The molecule has 130 valence electrons. The number of fused-ring (bicyclic) bond motifs is 1. The highest BCUT2D eigenvalue weighted by Gasteiger charge is 2.18. The van der Waals surface area contributed by atoms with Crippen LogP contribution in [0.1, 0.15) is 0 Å². The van der Waals surface area contributed by atoms with Gasteiger partial charge in [0.25, 0.3) is 0 Å². The van der Waals surface area contributed by atoms with Crippen molar-refractivity contribution in [2.45, 2.75) is 6.10 Å². The maximum Gasteiger partial charge on any atom is 0.313 e. The fourth-order valence-corrected chi connectivity index (χ4v) is 2.36. The Bertz CT molecular complexity index is 896. The van der Waals surface area contributed by atoms with Crippen molar-refractivity contribution >= 4 is 16.6 Å². The quantitative estimate of drug-likeness (QED) is 0.506. The van der Waals surface area contributed by atoms with Crippen molar-refractivity contribution < 1.29 is 23.9 Å². The van der Waals surface area contributed by atoms with Gasteiger partial charge in [0.05, 0.1) is 11.0 Å². The Hall–Kier alpha value is -3.13. The lowest BCUT2D eigenvalue weighted by atomic mass is 10.2. The summed E-state index contributed by atoms with van der Waals surface area (Å²) in [5.74, 6) is -0.244. The molecule has 1 heterocycles. The first-order valence-corrected chi connectivity index (χ1v) is 7.48. The minimum Gasteiger partial charge on any atom is -0.490 e. The van der Waals surface area contributed by atoms with E-state index in [-0.39, 0.29) is 19.0 Å². The molecular formula is C17H15FN2O5. The predicted octanol–water partition coefficient (Wildman–Crippen LogP) is 3.03. The number of halogens is 1. The van der Waals surface area contributed by atoms with Gasteiger partial charge in [0.2, 0.25) is 0 Å². The van der Waals surface area contributed by atoms with E-state index in [1.54, 1.807) is 12.3 Å². The number of aliphatic hydroxyl groups is 1. The maximum atomic E-state index is 13.1. The third-order valence-corrected chi connectivity index (χ3v) is 3.54. The summed E-state index contributed by atoms with van der Waals surface area (Å²) in [6, 6.07) is 10.3. The highest BCUT2D eigenvalue weighted by atomic mass is 19.1. The van der Waals surface area contributed by atoms with Crippen LogP contribution >= 0.6 is 0 Å². The summed E-state index contributed by atoms with van der Waals surface area (Å²) in [5, 5.41) is 21.8. The van der Waals surface area contributed by atoms with Crippen LogP contribution in [0.3, 0.4) is 0 Å². The van der Waals surface area contributed by atoms with E-state index in [4.69, 9.17) is 9.47 Å². The fourth-order valence-electron chi connectivity index (χ4n) is 2.36. The first kappa shape index (κ1) is 16.7. The predicted molar refractivity (Wildman–Crippen MR) is 88.3 cm³/mol. The van der Waals surface area contributed by atoms with Gasteiger partial charge >= 0.3 is 5.69 Å². The molecule has 0 bridgehead atoms. The van der Waals surface area contributed by atoms with E-state index in [0.29, 0.717) is 5.75 Å². The number of benzene rings is 2. The summed E-state index contributed by atoms with van der Waals surface area (Å²) in [5.41, 5.74) is 0.412. The molecule has 3 rings (SSSR count). The number of hydrogen-bond acceptors (Lipinski definition) is 5. The van der Waals surface area contributed by atoms with E-state index in [9.17, 15) is 19.6 Å². The normalized spacial score (nSPS) is 12.1. The van der Waals surface area contributed by atoms with Gasteiger partial charge < -0.3 is 19.6 Å². The van der Waals surface area contributed by atoms with Crippen molar-refractivity contribution in [1.82, 2.24) is 4.98 Å². The van der Waals surface area contributed by atoms with E-state index in [0.717, 1.165) is 29.1 Å². The van der Waals surface area contributed by atoms with E-state index in [2.05, 4.69) is 4.98 Å². The largest absolute Gasteiger partial charge is 0.490 e. The molecule has 0 fully saturated rings. The van der Waals surface area contributed by atoms with Crippen LogP contribution in [0.5, 0.6) is 11.5 Å². The van der Waals surface area contributed by atoms with Gasteiger partial charge in [-0.25, -0.2) is 4.39 Å². The van der Waals surface area contributed by atoms with Crippen molar-refractivity contribution in [1.29, 1.82) is 0 Å². The molecular weight excluding hydrogens is 331 g/mol. The van der Waals surface area contributed by atoms with Crippen LogP contribution in [0.25, 0.3) is 10.9 Å². The summed E-state index contributed by atoms with van der Waals surface area (Å²) in [4.78, 5) is 13.2.